The van der Waals surface area contributed by atoms with Crippen molar-refractivity contribution < 1.29 is 33.9 Å². The maximum atomic E-state index is 13.0. The number of methoxy groups -OCH3 is 1. The van der Waals surface area contributed by atoms with Gasteiger partial charge in [-0.2, -0.15) is 0 Å². The first-order valence-corrected chi connectivity index (χ1v) is 10.4. The molecule has 3 N–H and O–H groups in total. The highest BCUT2D eigenvalue weighted by molar-refractivity contribution is 5.86. The highest BCUT2D eigenvalue weighted by atomic mass is 16.7. The third kappa shape index (κ3) is 4.10. The molecule has 2 aromatic carbocycles. The van der Waals surface area contributed by atoms with E-state index >= 15 is 0 Å². The predicted octanol–water partition coefficient (Wildman–Crippen LogP) is 2.37. The zero-order chi connectivity index (χ0) is 23.0. The number of ether oxygens (including phenoxy) is 3. The molecule has 3 aromatic rings. The number of aryl methyl sites for hydroxylation is 1. The summed E-state index contributed by atoms with van der Waals surface area (Å²) in [7, 11) is 1.46. The largest absolute Gasteiger partial charge is 0.496 e. The van der Waals surface area contributed by atoms with Crippen molar-refractivity contribution in [1.29, 1.82) is 0 Å². The maximum Gasteiger partial charge on any atom is 0.229 e. The topological polar surface area (TPSA) is 119 Å². The molecule has 0 spiro atoms. The van der Waals surface area contributed by atoms with E-state index < -0.39 is 30.7 Å². The molecule has 0 saturated carbocycles. The SMILES string of the molecule is CCC1OC(Oc2cc(OC)cc3oc(-c4ccc(C)cc4)cc(=O)c23)C(O)C(O)C1O. The molecule has 0 bridgehead atoms. The second kappa shape index (κ2) is 8.91. The third-order valence-electron chi connectivity index (χ3n) is 5.65. The van der Waals surface area contributed by atoms with Gasteiger partial charge in [-0.3, -0.25) is 4.79 Å². The molecule has 0 amide bonds. The van der Waals surface area contributed by atoms with Crippen molar-refractivity contribution in [3.63, 3.8) is 0 Å². The van der Waals surface area contributed by atoms with E-state index in [1.54, 1.807) is 13.0 Å². The Balaban J connectivity index is 1.77. The summed E-state index contributed by atoms with van der Waals surface area (Å²) in [5.74, 6) is 0.834. The first-order valence-electron chi connectivity index (χ1n) is 10.4. The van der Waals surface area contributed by atoms with Crippen molar-refractivity contribution >= 4 is 11.0 Å². The molecular weight excluding hydrogens is 416 g/mol. The minimum Gasteiger partial charge on any atom is -0.496 e. The Morgan fingerprint density at radius 1 is 1.00 bits per heavy atom. The van der Waals surface area contributed by atoms with E-state index in [1.807, 2.05) is 31.2 Å². The van der Waals surface area contributed by atoms with Gasteiger partial charge in [-0.1, -0.05) is 36.8 Å². The zero-order valence-corrected chi connectivity index (χ0v) is 18.0. The highest BCUT2D eigenvalue weighted by Gasteiger charge is 2.44. The van der Waals surface area contributed by atoms with Crippen LogP contribution in [0.4, 0.5) is 0 Å². The molecule has 8 nitrogen and oxygen atoms in total. The van der Waals surface area contributed by atoms with Gasteiger partial charge in [0, 0.05) is 23.8 Å². The second-order valence-electron chi connectivity index (χ2n) is 7.88. The van der Waals surface area contributed by atoms with Gasteiger partial charge in [0.05, 0.1) is 13.2 Å². The van der Waals surface area contributed by atoms with Crippen molar-refractivity contribution in [3.05, 3.63) is 58.3 Å². The van der Waals surface area contributed by atoms with Crippen LogP contribution in [0, 0.1) is 6.92 Å². The molecule has 0 radical (unpaired) electrons. The van der Waals surface area contributed by atoms with Crippen LogP contribution in [-0.4, -0.2) is 53.1 Å². The Hall–Kier alpha value is -2.91. The standard InChI is InChI=1S/C24H26O8/c1-4-16-21(26)22(27)23(28)24(31-16)32-19-10-14(29-3)9-18-20(19)15(25)11-17(30-18)13-7-5-12(2)6-8-13/h5-11,16,21-24,26-28H,4H2,1-3H3. The fourth-order valence-electron chi connectivity index (χ4n) is 3.78. The lowest BCUT2D eigenvalue weighted by Crippen LogP contribution is -2.58. The highest BCUT2D eigenvalue weighted by Crippen LogP contribution is 2.34. The molecule has 2 heterocycles. The first-order chi connectivity index (χ1) is 15.3. The maximum absolute atomic E-state index is 13.0. The fourth-order valence-corrected chi connectivity index (χ4v) is 3.78. The van der Waals surface area contributed by atoms with Crippen LogP contribution in [0.3, 0.4) is 0 Å². The Kier molecular flexibility index (Phi) is 6.21. The predicted molar refractivity (Wildman–Crippen MR) is 117 cm³/mol. The number of aliphatic hydroxyl groups is 3. The molecule has 1 aromatic heterocycles. The molecule has 8 heteroatoms. The monoisotopic (exact) mass is 442 g/mol. The van der Waals surface area contributed by atoms with E-state index in [1.165, 1.54) is 19.2 Å². The van der Waals surface area contributed by atoms with Gasteiger partial charge >= 0.3 is 0 Å². The molecule has 1 aliphatic heterocycles. The minimum atomic E-state index is -1.52. The molecule has 5 atom stereocenters. The normalized spacial score (nSPS) is 25.6. The number of benzene rings is 2. The first kappa shape index (κ1) is 22.3. The molecular formula is C24H26O8. The van der Waals surface area contributed by atoms with E-state index in [0.29, 0.717) is 17.9 Å². The number of fused-ring (bicyclic) bond motifs is 1. The molecule has 4 rings (SSSR count). The van der Waals surface area contributed by atoms with Gasteiger partial charge in [-0.15, -0.1) is 0 Å². The Labute approximate surface area is 184 Å². The minimum absolute atomic E-state index is 0.0750. The van der Waals surface area contributed by atoms with Gasteiger partial charge in [0.15, 0.2) is 5.43 Å². The summed E-state index contributed by atoms with van der Waals surface area (Å²) in [6.07, 6.45) is -5.87. The summed E-state index contributed by atoms with van der Waals surface area (Å²) in [5, 5.41) is 30.8. The van der Waals surface area contributed by atoms with E-state index in [4.69, 9.17) is 18.6 Å². The lowest BCUT2D eigenvalue weighted by atomic mass is 9.97. The van der Waals surface area contributed by atoms with Crippen LogP contribution in [0.2, 0.25) is 0 Å². The molecule has 32 heavy (non-hydrogen) atoms. The molecule has 1 fully saturated rings. The summed E-state index contributed by atoms with van der Waals surface area (Å²) >= 11 is 0. The smallest absolute Gasteiger partial charge is 0.229 e. The molecule has 0 aliphatic carbocycles. The van der Waals surface area contributed by atoms with Crippen LogP contribution >= 0.6 is 0 Å². The van der Waals surface area contributed by atoms with Gasteiger partial charge in [0.2, 0.25) is 6.29 Å². The Morgan fingerprint density at radius 3 is 2.38 bits per heavy atom. The van der Waals surface area contributed by atoms with Gasteiger partial charge < -0.3 is 33.9 Å². The van der Waals surface area contributed by atoms with Crippen molar-refractivity contribution in [1.82, 2.24) is 0 Å². The fraction of sp³-hybridized carbons (Fsp3) is 0.375. The van der Waals surface area contributed by atoms with Crippen LogP contribution in [-0.2, 0) is 4.74 Å². The second-order valence-corrected chi connectivity index (χ2v) is 7.88. The molecule has 1 saturated heterocycles. The average Bonchev–Trinajstić information content (AvgIpc) is 2.79. The van der Waals surface area contributed by atoms with Gasteiger partial charge in [-0.05, 0) is 13.3 Å². The molecule has 170 valence electrons. The van der Waals surface area contributed by atoms with E-state index in [9.17, 15) is 20.1 Å². The zero-order valence-electron chi connectivity index (χ0n) is 18.0. The van der Waals surface area contributed by atoms with Crippen LogP contribution < -0.4 is 14.9 Å². The van der Waals surface area contributed by atoms with Gasteiger partial charge in [0.1, 0.15) is 46.5 Å². The third-order valence-corrected chi connectivity index (χ3v) is 5.65. The summed E-state index contributed by atoms with van der Waals surface area (Å²) in [6.45, 7) is 3.74. The Morgan fingerprint density at radius 2 is 1.72 bits per heavy atom. The number of hydrogen-bond donors (Lipinski definition) is 3. The van der Waals surface area contributed by atoms with Crippen molar-refractivity contribution in [2.24, 2.45) is 0 Å². The number of rotatable bonds is 5. The van der Waals surface area contributed by atoms with E-state index in [-0.39, 0.29) is 22.1 Å². The number of aliphatic hydroxyl groups excluding tert-OH is 3. The summed E-state index contributed by atoms with van der Waals surface area (Å²) in [6, 6.07) is 12.0. The lowest BCUT2D eigenvalue weighted by molar-refractivity contribution is -0.272. The summed E-state index contributed by atoms with van der Waals surface area (Å²) < 4.78 is 22.8. The van der Waals surface area contributed by atoms with Crippen molar-refractivity contribution in [2.45, 2.75) is 51.0 Å². The molecule has 5 unspecified atom stereocenters. The van der Waals surface area contributed by atoms with E-state index in [2.05, 4.69) is 0 Å². The van der Waals surface area contributed by atoms with Crippen LogP contribution in [0.1, 0.15) is 18.9 Å². The average molecular weight is 442 g/mol. The van der Waals surface area contributed by atoms with Crippen molar-refractivity contribution in [2.75, 3.05) is 7.11 Å². The van der Waals surface area contributed by atoms with Crippen molar-refractivity contribution in [3.8, 4) is 22.8 Å². The van der Waals surface area contributed by atoms with Crippen LogP contribution in [0.5, 0.6) is 11.5 Å². The quantitative estimate of drug-likeness (QED) is 0.551. The van der Waals surface area contributed by atoms with Gasteiger partial charge in [-0.25, -0.2) is 0 Å². The Bertz CT molecular complexity index is 1150. The van der Waals surface area contributed by atoms with Crippen LogP contribution in [0.15, 0.2) is 51.7 Å². The lowest BCUT2D eigenvalue weighted by Gasteiger charge is -2.40. The van der Waals surface area contributed by atoms with Gasteiger partial charge in [0.25, 0.3) is 0 Å². The van der Waals surface area contributed by atoms with E-state index in [0.717, 1.165) is 11.1 Å². The number of hydrogen-bond acceptors (Lipinski definition) is 8. The summed E-state index contributed by atoms with van der Waals surface area (Å²) in [5.41, 5.74) is 1.71. The summed E-state index contributed by atoms with van der Waals surface area (Å²) in [4.78, 5) is 13.0. The molecule has 1 aliphatic rings. The van der Waals surface area contributed by atoms with Crippen LogP contribution in [0.25, 0.3) is 22.3 Å².